The standard InChI is InChI=1S/C18H24N5O7P/c1-25-15-12-14(21-17(19)22-15)23(9-20-12)16-18(6-7-26-18)13-11(28-16)8-27-31(24,30-13)29-10-4-2-3-5-10/h9-11,13,16H,2-8H2,1H3,(H2,19,21,22)/t11-,13-,16-,18-,31?/m1/s1. The molecule has 12 nitrogen and oxygen atoms in total. The number of ether oxygens (including phenoxy) is 3. The van der Waals surface area contributed by atoms with E-state index in [9.17, 15) is 4.57 Å². The summed E-state index contributed by atoms with van der Waals surface area (Å²) in [6.45, 7) is 0.623. The number of fused-ring (bicyclic) bond motifs is 3. The number of phosphoric acid groups is 1. The van der Waals surface area contributed by atoms with E-state index in [0.717, 1.165) is 25.7 Å². The fourth-order valence-electron chi connectivity index (χ4n) is 4.94. The van der Waals surface area contributed by atoms with E-state index in [1.54, 1.807) is 10.9 Å². The van der Waals surface area contributed by atoms with Gasteiger partial charge in [0.15, 0.2) is 17.4 Å². The van der Waals surface area contributed by atoms with E-state index < -0.39 is 31.9 Å². The second kappa shape index (κ2) is 7.09. The molecule has 13 heteroatoms. The second-order valence-corrected chi connectivity index (χ2v) is 9.85. The van der Waals surface area contributed by atoms with Gasteiger partial charge in [0, 0.05) is 6.42 Å². The maximum absolute atomic E-state index is 13.2. The van der Waals surface area contributed by atoms with Gasteiger partial charge in [-0.05, 0) is 12.8 Å². The van der Waals surface area contributed by atoms with Crippen LogP contribution >= 0.6 is 7.82 Å². The molecule has 3 saturated heterocycles. The van der Waals surface area contributed by atoms with Crippen molar-refractivity contribution in [2.75, 3.05) is 26.1 Å². The summed E-state index contributed by atoms with van der Waals surface area (Å²) >= 11 is 0. The summed E-state index contributed by atoms with van der Waals surface area (Å²) in [7, 11) is -2.22. The molecular weight excluding hydrogens is 429 g/mol. The van der Waals surface area contributed by atoms with E-state index in [-0.39, 0.29) is 24.5 Å². The van der Waals surface area contributed by atoms with Crippen molar-refractivity contribution in [1.29, 1.82) is 0 Å². The summed E-state index contributed by atoms with van der Waals surface area (Å²) in [5.41, 5.74) is 5.91. The quantitative estimate of drug-likeness (QED) is 0.679. The zero-order valence-corrected chi connectivity index (χ0v) is 17.9. The van der Waals surface area contributed by atoms with Crippen LogP contribution in [0.3, 0.4) is 0 Å². The number of nitrogen functional groups attached to an aromatic ring is 1. The molecule has 31 heavy (non-hydrogen) atoms. The van der Waals surface area contributed by atoms with Gasteiger partial charge in [-0.3, -0.25) is 18.1 Å². The molecule has 2 N–H and O–H groups in total. The van der Waals surface area contributed by atoms with Crippen LogP contribution in [0.2, 0.25) is 0 Å². The lowest BCUT2D eigenvalue weighted by Crippen LogP contribution is -2.58. The molecule has 1 aliphatic carbocycles. The molecule has 5 heterocycles. The van der Waals surface area contributed by atoms with Crippen molar-refractivity contribution in [3.05, 3.63) is 6.33 Å². The van der Waals surface area contributed by atoms with Gasteiger partial charge in [0.2, 0.25) is 11.8 Å². The predicted octanol–water partition coefficient (Wildman–Crippen LogP) is 1.96. The summed E-state index contributed by atoms with van der Waals surface area (Å²) in [5, 5.41) is 0. The lowest BCUT2D eigenvalue weighted by Gasteiger charge is -2.46. The van der Waals surface area contributed by atoms with Gasteiger partial charge in [-0.15, -0.1) is 0 Å². The minimum atomic E-state index is -3.71. The third kappa shape index (κ3) is 3.00. The molecule has 5 atom stereocenters. The van der Waals surface area contributed by atoms with Gasteiger partial charge < -0.3 is 19.9 Å². The summed E-state index contributed by atoms with van der Waals surface area (Å²) in [6, 6.07) is 0. The van der Waals surface area contributed by atoms with Crippen LogP contribution in [0, 0.1) is 0 Å². The van der Waals surface area contributed by atoms with Gasteiger partial charge in [0.1, 0.15) is 17.8 Å². The molecule has 1 unspecified atom stereocenters. The van der Waals surface area contributed by atoms with Crippen molar-refractivity contribution in [2.24, 2.45) is 0 Å². The molecular formula is C18H24N5O7P. The van der Waals surface area contributed by atoms with E-state index >= 15 is 0 Å². The van der Waals surface area contributed by atoms with Gasteiger partial charge >= 0.3 is 7.82 Å². The number of nitrogens with two attached hydrogens (primary N) is 1. The Morgan fingerprint density at radius 1 is 1.32 bits per heavy atom. The zero-order valence-electron chi connectivity index (χ0n) is 17.0. The van der Waals surface area contributed by atoms with Crippen LogP contribution in [0.1, 0.15) is 38.3 Å². The highest BCUT2D eigenvalue weighted by molar-refractivity contribution is 7.48. The number of methoxy groups -OCH3 is 1. The van der Waals surface area contributed by atoms with Gasteiger partial charge in [-0.2, -0.15) is 9.97 Å². The Morgan fingerprint density at radius 3 is 2.84 bits per heavy atom. The predicted molar refractivity (Wildman–Crippen MR) is 105 cm³/mol. The molecule has 1 saturated carbocycles. The lowest BCUT2D eigenvalue weighted by molar-refractivity contribution is -0.224. The molecule has 1 spiro atoms. The first-order valence-electron chi connectivity index (χ1n) is 10.5. The smallest absolute Gasteiger partial charge is 0.475 e. The van der Waals surface area contributed by atoms with Crippen molar-refractivity contribution >= 4 is 24.9 Å². The highest BCUT2D eigenvalue weighted by atomic mass is 31.2. The SMILES string of the molecule is COc1nc(N)nc2c1ncn2[C@@H]1O[C@@H]2COP(=O)(OC3CCCC3)O[C@H]2[C@]12CCO2. The highest BCUT2D eigenvalue weighted by Gasteiger charge is 2.67. The lowest BCUT2D eigenvalue weighted by atomic mass is 9.86. The molecule has 2 aromatic heterocycles. The minimum Gasteiger partial charge on any atom is -0.479 e. The molecule has 3 aliphatic heterocycles. The fraction of sp³-hybridized carbons (Fsp3) is 0.722. The third-order valence-corrected chi connectivity index (χ3v) is 7.98. The Hall–Kier alpha value is -1.82. The van der Waals surface area contributed by atoms with Crippen LogP contribution in [-0.2, 0) is 27.6 Å². The van der Waals surface area contributed by atoms with Crippen LogP contribution < -0.4 is 10.5 Å². The number of rotatable bonds is 4. The van der Waals surface area contributed by atoms with Crippen LogP contribution in [-0.4, -0.2) is 63.8 Å². The molecule has 0 amide bonds. The number of nitrogens with zero attached hydrogens (tertiary/aromatic N) is 4. The van der Waals surface area contributed by atoms with Gasteiger partial charge in [0.05, 0.1) is 32.8 Å². The van der Waals surface area contributed by atoms with E-state index in [1.807, 2.05) is 0 Å². The van der Waals surface area contributed by atoms with E-state index in [4.69, 9.17) is 33.5 Å². The van der Waals surface area contributed by atoms with Crippen LogP contribution in [0.5, 0.6) is 5.88 Å². The summed E-state index contributed by atoms with van der Waals surface area (Å²) in [6.07, 6.45) is 4.25. The Kier molecular flexibility index (Phi) is 4.54. The average molecular weight is 453 g/mol. The van der Waals surface area contributed by atoms with E-state index in [1.165, 1.54) is 7.11 Å². The summed E-state index contributed by atoms with van der Waals surface area (Å²) in [4.78, 5) is 12.8. The topological polar surface area (TPSA) is 142 Å². The normalized spacial score (nSPS) is 37.9. The molecule has 0 bridgehead atoms. The highest BCUT2D eigenvalue weighted by Crippen LogP contribution is 2.62. The zero-order chi connectivity index (χ0) is 21.2. The van der Waals surface area contributed by atoms with E-state index in [2.05, 4.69) is 15.0 Å². The molecule has 4 fully saturated rings. The minimum absolute atomic E-state index is 0.0548. The number of anilines is 1. The molecule has 0 aromatic carbocycles. The van der Waals surface area contributed by atoms with Crippen molar-refractivity contribution in [3.8, 4) is 5.88 Å². The number of phosphoric ester groups is 1. The van der Waals surface area contributed by atoms with E-state index in [0.29, 0.717) is 24.2 Å². The maximum Gasteiger partial charge on any atom is 0.475 e. The van der Waals surface area contributed by atoms with Crippen molar-refractivity contribution in [3.63, 3.8) is 0 Å². The molecule has 168 valence electrons. The Balaban J connectivity index is 1.34. The Bertz CT molecular complexity index is 1050. The van der Waals surface area contributed by atoms with Gasteiger partial charge in [-0.25, -0.2) is 9.55 Å². The maximum atomic E-state index is 13.2. The number of aromatic nitrogens is 4. The number of imidazole rings is 1. The monoisotopic (exact) mass is 453 g/mol. The molecule has 6 rings (SSSR count). The van der Waals surface area contributed by atoms with Crippen molar-refractivity contribution in [2.45, 2.75) is 62.2 Å². The first-order chi connectivity index (χ1) is 15.0. The fourth-order valence-corrected chi connectivity index (χ4v) is 6.60. The Morgan fingerprint density at radius 2 is 2.13 bits per heavy atom. The van der Waals surface area contributed by atoms with Gasteiger partial charge in [0.25, 0.3) is 0 Å². The van der Waals surface area contributed by atoms with Crippen LogP contribution in [0.25, 0.3) is 11.2 Å². The average Bonchev–Trinajstić information content (AvgIpc) is 3.43. The van der Waals surface area contributed by atoms with Crippen molar-refractivity contribution < 1.29 is 32.3 Å². The number of hydrogen-bond acceptors (Lipinski definition) is 11. The van der Waals surface area contributed by atoms with Crippen LogP contribution in [0.15, 0.2) is 6.33 Å². The largest absolute Gasteiger partial charge is 0.479 e. The molecule has 4 aliphatic rings. The van der Waals surface area contributed by atoms with Gasteiger partial charge in [-0.1, -0.05) is 12.8 Å². The third-order valence-electron chi connectivity index (χ3n) is 6.48. The molecule has 2 aromatic rings. The summed E-state index contributed by atoms with van der Waals surface area (Å²) < 4.78 is 49.9. The second-order valence-electron chi connectivity index (χ2n) is 8.28. The Labute approximate surface area is 177 Å². The van der Waals surface area contributed by atoms with Crippen molar-refractivity contribution in [1.82, 2.24) is 19.5 Å². The summed E-state index contributed by atoms with van der Waals surface area (Å²) in [5.74, 6) is 0.327. The van der Waals surface area contributed by atoms with Crippen LogP contribution in [0.4, 0.5) is 5.95 Å². The number of hydrogen-bond donors (Lipinski definition) is 1. The molecule has 0 radical (unpaired) electrons. The first-order valence-corrected chi connectivity index (χ1v) is 11.9. The first kappa shape index (κ1) is 19.8.